The van der Waals surface area contributed by atoms with E-state index in [0.29, 0.717) is 17.4 Å². The van der Waals surface area contributed by atoms with Crippen LogP contribution in [0.5, 0.6) is 0 Å². The highest BCUT2D eigenvalue weighted by Crippen LogP contribution is 2.25. The highest BCUT2D eigenvalue weighted by Gasteiger charge is 2.30. The number of aliphatic hydroxyl groups excluding tert-OH is 1. The molecule has 0 aliphatic carbocycles. The second-order valence-corrected chi connectivity index (χ2v) is 6.00. The summed E-state index contributed by atoms with van der Waals surface area (Å²) >= 11 is 1.25. The van der Waals surface area contributed by atoms with Gasteiger partial charge in [0.05, 0.1) is 0 Å². The molecule has 0 aromatic carbocycles. The second-order valence-electron chi connectivity index (χ2n) is 5.14. The first-order valence-electron chi connectivity index (χ1n) is 6.66. The van der Waals surface area contributed by atoms with E-state index in [1.165, 1.54) is 18.3 Å². The van der Waals surface area contributed by atoms with E-state index in [4.69, 9.17) is 0 Å². The topological polar surface area (TPSA) is 82.5 Å². The number of piperidine rings is 1. The molecule has 0 radical (unpaired) electrons. The molecule has 2 rings (SSSR count). The van der Waals surface area contributed by atoms with Gasteiger partial charge in [0.15, 0.2) is 5.13 Å². The second kappa shape index (κ2) is 6.32. The maximum absolute atomic E-state index is 12.4. The number of carbonyl (C=O) groups excluding carboxylic acids is 2. The molecular weight excluding hydrogens is 278 g/mol. The molecule has 0 unspecified atom stereocenters. The van der Waals surface area contributed by atoms with Crippen LogP contribution in [0, 0.1) is 5.92 Å². The number of nitrogens with one attached hydrogen (secondary N) is 1. The van der Waals surface area contributed by atoms with Gasteiger partial charge in [-0.3, -0.25) is 9.59 Å². The molecule has 1 saturated heterocycles. The summed E-state index contributed by atoms with van der Waals surface area (Å²) in [6, 6.07) is 0.0966. The Morgan fingerprint density at radius 1 is 1.60 bits per heavy atom. The molecule has 1 aliphatic heterocycles. The van der Waals surface area contributed by atoms with Crippen molar-refractivity contribution in [1.29, 1.82) is 0 Å². The highest BCUT2D eigenvalue weighted by atomic mass is 32.1. The largest absolute Gasteiger partial charge is 0.396 e. The Balaban J connectivity index is 2.04. The molecule has 6 nitrogen and oxygen atoms in total. The molecular formula is C13H19N3O3S. The number of rotatable bonds is 3. The summed E-state index contributed by atoms with van der Waals surface area (Å²) < 4.78 is 0. The van der Waals surface area contributed by atoms with Crippen molar-refractivity contribution in [3.63, 3.8) is 0 Å². The predicted molar refractivity (Wildman–Crippen MR) is 76.7 cm³/mol. The lowest BCUT2D eigenvalue weighted by Gasteiger charge is -2.36. The summed E-state index contributed by atoms with van der Waals surface area (Å²) in [5, 5.41) is 13.9. The Labute approximate surface area is 121 Å². The van der Waals surface area contributed by atoms with E-state index in [1.54, 1.807) is 10.3 Å². The Hall–Kier alpha value is -1.47. The van der Waals surface area contributed by atoms with Gasteiger partial charge >= 0.3 is 0 Å². The van der Waals surface area contributed by atoms with E-state index in [2.05, 4.69) is 10.3 Å². The van der Waals surface area contributed by atoms with Crippen LogP contribution in [0.1, 0.15) is 37.2 Å². The van der Waals surface area contributed by atoms with Crippen LogP contribution < -0.4 is 5.32 Å². The summed E-state index contributed by atoms with van der Waals surface area (Å²) in [4.78, 5) is 29.3. The Morgan fingerprint density at radius 3 is 2.95 bits per heavy atom. The van der Waals surface area contributed by atoms with Crippen LogP contribution in [-0.4, -0.2) is 46.0 Å². The third kappa shape index (κ3) is 3.34. The first kappa shape index (κ1) is 14.9. The number of carbonyl (C=O) groups is 2. The summed E-state index contributed by atoms with van der Waals surface area (Å²) in [6.07, 6.45) is 1.63. The lowest BCUT2D eigenvalue weighted by molar-refractivity contribution is -0.114. The van der Waals surface area contributed by atoms with Gasteiger partial charge in [0.1, 0.15) is 5.69 Å². The van der Waals surface area contributed by atoms with Crippen LogP contribution in [0.15, 0.2) is 5.38 Å². The van der Waals surface area contributed by atoms with E-state index in [0.717, 1.165) is 12.8 Å². The number of thiazole rings is 1. The minimum absolute atomic E-state index is 0.0966. The van der Waals surface area contributed by atoms with E-state index in [1.807, 2.05) is 6.92 Å². The van der Waals surface area contributed by atoms with Crippen molar-refractivity contribution in [2.75, 3.05) is 18.5 Å². The molecule has 1 aromatic rings. The number of aliphatic hydroxyl groups is 1. The SMILES string of the molecule is CC(=O)Nc1nc(C(=O)N2CC[C@@H](CO)C[C@H]2C)cs1. The quantitative estimate of drug-likeness (QED) is 0.882. The van der Waals surface area contributed by atoms with Crippen molar-refractivity contribution in [3.8, 4) is 0 Å². The summed E-state index contributed by atoms with van der Waals surface area (Å²) in [7, 11) is 0. The van der Waals surface area contributed by atoms with E-state index >= 15 is 0 Å². The van der Waals surface area contributed by atoms with Crippen molar-refractivity contribution in [3.05, 3.63) is 11.1 Å². The minimum atomic E-state index is -0.199. The first-order valence-corrected chi connectivity index (χ1v) is 7.54. The molecule has 0 spiro atoms. The van der Waals surface area contributed by atoms with Crippen LogP contribution in [0.4, 0.5) is 5.13 Å². The molecule has 7 heteroatoms. The van der Waals surface area contributed by atoms with Gasteiger partial charge < -0.3 is 15.3 Å². The molecule has 0 bridgehead atoms. The highest BCUT2D eigenvalue weighted by molar-refractivity contribution is 7.14. The fourth-order valence-electron chi connectivity index (χ4n) is 2.46. The molecule has 20 heavy (non-hydrogen) atoms. The number of hydrogen-bond acceptors (Lipinski definition) is 5. The number of nitrogens with zero attached hydrogens (tertiary/aromatic N) is 2. The molecule has 1 aromatic heterocycles. The van der Waals surface area contributed by atoms with Crippen LogP contribution in [0.25, 0.3) is 0 Å². The lowest BCUT2D eigenvalue weighted by Crippen LogP contribution is -2.45. The smallest absolute Gasteiger partial charge is 0.273 e. The fraction of sp³-hybridized carbons (Fsp3) is 0.615. The maximum Gasteiger partial charge on any atom is 0.273 e. The number of hydrogen-bond donors (Lipinski definition) is 2. The van der Waals surface area contributed by atoms with E-state index in [-0.39, 0.29) is 30.4 Å². The van der Waals surface area contributed by atoms with Gasteiger partial charge in [-0.25, -0.2) is 4.98 Å². The van der Waals surface area contributed by atoms with Crippen molar-refractivity contribution in [1.82, 2.24) is 9.88 Å². The molecule has 2 amide bonds. The van der Waals surface area contributed by atoms with Crippen LogP contribution >= 0.6 is 11.3 Å². The van der Waals surface area contributed by atoms with Crippen molar-refractivity contribution >= 4 is 28.3 Å². The number of likely N-dealkylation sites (tertiary alicyclic amines) is 1. The fourth-order valence-corrected chi connectivity index (χ4v) is 3.19. The standard InChI is InChI=1S/C13H19N3O3S/c1-8-5-10(6-17)3-4-16(8)12(19)11-7-20-13(15-11)14-9(2)18/h7-8,10,17H,3-6H2,1-2H3,(H,14,15,18)/t8-,10-/m1/s1. The Bertz CT molecular complexity index is 503. The summed E-state index contributed by atoms with van der Waals surface area (Å²) in [5.74, 6) is -0.0309. The predicted octanol–water partition coefficient (Wildman–Crippen LogP) is 1.33. The van der Waals surface area contributed by atoms with Gasteiger partial charge in [-0.15, -0.1) is 11.3 Å². The Morgan fingerprint density at radius 2 is 2.35 bits per heavy atom. The zero-order valence-corrected chi connectivity index (χ0v) is 12.4. The van der Waals surface area contributed by atoms with Gasteiger partial charge in [0.2, 0.25) is 5.91 Å². The lowest BCUT2D eigenvalue weighted by atomic mass is 9.92. The summed E-state index contributed by atoms with van der Waals surface area (Å²) in [5.41, 5.74) is 0.369. The molecule has 2 atom stereocenters. The zero-order chi connectivity index (χ0) is 14.7. The third-order valence-electron chi connectivity index (χ3n) is 3.51. The zero-order valence-electron chi connectivity index (χ0n) is 11.6. The van der Waals surface area contributed by atoms with Crippen molar-refractivity contribution in [2.45, 2.75) is 32.7 Å². The molecule has 0 saturated carbocycles. The third-order valence-corrected chi connectivity index (χ3v) is 4.27. The normalized spacial score (nSPS) is 22.6. The van der Waals surface area contributed by atoms with E-state index < -0.39 is 0 Å². The van der Waals surface area contributed by atoms with Crippen LogP contribution in [0.2, 0.25) is 0 Å². The maximum atomic E-state index is 12.4. The summed E-state index contributed by atoms with van der Waals surface area (Å²) in [6.45, 7) is 4.21. The molecule has 2 heterocycles. The van der Waals surface area contributed by atoms with Crippen LogP contribution in [0.3, 0.4) is 0 Å². The van der Waals surface area contributed by atoms with E-state index in [9.17, 15) is 14.7 Å². The van der Waals surface area contributed by atoms with Gasteiger partial charge in [0, 0.05) is 31.5 Å². The van der Waals surface area contributed by atoms with Crippen molar-refractivity contribution < 1.29 is 14.7 Å². The van der Waals surface area contributed by atoms with Gasteiger partial charge in [0.25, 0.3) is 5.91 Å². The van der Waals surface area contributed by atoms with Gasteiger partial charge in [-0.2, -0.15) is 0 Å². The number of anilines is 1. The average Bonchev–Trinajstić information content (AvgIpc) is 2.85. The number of amides is 2. The van der Waals surface area contributed by atoms with Crippen LogP contribution in [-0.2, 0) is 4.79 Å². The minimum Gasteiger partial charge on any atom is -0.396 e. The molecule has 110 valence electrons. The Kier molecular flexibility index (Phi) is 4.72. The molecule has 1 aliphatic rings. The molecule has 2 N–H and O–H groups in total. The monoisotopic (exact) mass is 297 g/mol. The number of aromatic nitrogens is 1. The average molecular weight is 297 g/mol. The van der Waals surface area contributed by atoms with Crippen molar-refractivity contribution in [2.24, 2.45) is 5.92 Å². The molecule has 1 fully saturated rings. The van der Waals surface area contributed by atoms with Gasteiger partial charge in [-0.1, -0.05) is 0 Å². The first-order chi connectivity index (χ1) is 9.51. The van der Waals surface area contributed by atoms with Gasteiger partial charge in [-0.05, 0) is 25.7 Å².